The van der Waals surface area contributed by atoms with E-state index in [4.69, 9.17) is 4.74 Å². The lowest BCUT2D eigenvalue weighted by molar-refractivity contribution is -0.149. The van der Waals surface area contributed by atoms with Crippen LogP contribution < -0.4 is 0 Å². The Balaban J connectivity index is 2.06. The van der Waals surface area contributed by atoms with Crippen molar-refractivity contribution in [3.8, 4) is 0 Å². The van der Waals surface area contributed by atoms with Gasteiger partial charge in [0.2, 0.25) is 0 Å². The normalized spacial score (nSPS) is 17.9. The number of hydrogen-bond donors (Lipinski definition) is 0. The molecule has 0 N–H and O–H groups in total. The molecule has 0 aliphatic carbocycles. The van der Waals surface area contributed by atoms with Crippen LogP contribution in [0.3, 0.4) is 0 Å². The molecule has 0 spiro atoms. The van der Waals surface area contributed by atoms with Gasteiger partial charge in [0.1, 0.15) is 0 Å². The highest BCUT2D eigenvalue weighted by molar-refractivity contribution is 5.72. The van der Waals surface area contributed by atoms with Gasteiger partial charge in [-0.3, -0.25) is 4.79 Å². The molecule has 0 saturated carbocycles. The highest BCUT2D eigenvalue weighted by Gasteiger charge is 2.25. The Hall–Kier alpha value is -0.570. The summed E-state index contributed by atoms with van der Waals surface area (Å²) in [5.41, 5.74) is 0. The van der Waals surface area contributed by atoms with Crippen molar-refractivity contribution >= 4 is 5.97 Å². The molecule has 1 fully saturated rings. The maximum Gasteiger partial charge on any atom is 0.309 e. The number of likely N-dealkylation sites (tertiary alicyclic amines) is 1. The maximum atomic E-state index is 11.6. The Labute approximate surface area is 112 Å². The van der Waals surface area contributed by atoms with Crippen molar-refractivity contribution in [2.75, 3.05) is 26.2 Å². The van der Waals surface area contributed by atoms with E-state index < -0.39 is 0 Å². The van der Waals surface area contributed by atoms with Gasteiger partial charge in [-0.15, -0.1) is 0 Å². The minimum atomic E-state index is 0.0140. The van der Waals surface area contributed by atoms with Crippen LogP contribution in [0.1, 0.15) is 58.8 Å². The third kappa shape index (κ3) is 5.85. The number of nitrogens with zero attached hydrogens (tertiary/aromatic N) is 1. The third-order valence-corrected chi connectivity index (χ3v) is 3.79. The molecule has 1 saturated heterocycles. The number of rotatable bonds is 8. The molecule has 0 radical (unpaired) electrons. The van der Waals surface area contributed by atoms with Crippen molar-refractivity contribution in [1.29, 1.82) is 0 Å². The first-order valence-corrected chi connectivity index (χ1v) is 7.66. The summed E-state index contributed by atoms with van der Waals surface area (Å²) in [6, 6.07) is 0. The molecule has 0 amide bonds. The zero-order chi connectivity index (χ0) is 13.2. The molecular weight excluding hydrogens is 226 g/mol. The van der Waals surface area contributed by atoms with E-state index in [0.29, 0.717) is 6.61 Å². The summed E-state index contributed by atoms with van der Waals surface area (Å²) in [5, 5.41) is 0. The molecular formula is C15H29NO2. The molecule has 0 bridgehead atoms. The van der Waals surface area contributed by atoms with Crippen LogP contribution in [-0.4, -0.2) is 37.1 Å². The molecule has 1 aliphatic heterocycles. The first-order chi connectivity index (χ1) is 8.77. The van der Waals surface area contributed by atoms with Crippen molar-refractivity contribution < 1.29 is 9.53 Å². The van der Waals surface area contributed by atoms with Crippen LogP contribution in [-0.2, 0) is 9.53 Å². The molecule has 0 aromatic rings. The second-order valence-electron chi connectivity index (χ2n) is 5.28. The predicted molar refractivity (Wildman–Crippen MR) is 74.6 cm³/mol. The number of unbranched alkanes of at least 4 members (excludes halogenated alkanes) is 4. The average molecular weight is 255 g/mol. The summed E-state index contributed by atoms with van der Waals surface area (Å²) >= 11 is 0. The van der Waals surface area contributed by atoms with Crippen LogP contribution in [0.2, 0.25) is 0 Å². The van der Waals surface area contributed by atoms with E-state index in [1.54, 1.807) is 0 Å². The van der Waals surface area contributed by atoms with E-state index in [-0.39, 0.29) is 11.9 Å². The summed E-state index contributed by atoms with van der Waals surface area (Å²) in [7, 11) is 0. The van der Waals surface area contributed by atoms with Gasteiger partial charge < -0.3 is 9.64 Å². The molecule has 1 aliphatic rings. The Morgan fingerprint density at radius 1 is 1.11 bits per heavy atom. The minimum Gasteiger partial charge on any atom is -0.466 e. The Morgan fingerprint density at radius 2 is 1.78 bits per heavy atom. The fraction of sp³-hybridized carbons (Fsp3) is 0.933. The number of piperidine rings is 1. The maximum absolute atomic E-state index is 11.6. The zero-order valence-corrected chi connectivity index (χ0v) is 12.1. The quantitative estimate of drug-likeness (QED) is 0.492. The third-order valence-electron chi connectivity index (χ3n) is 3.79. The number of hydrogen-bond acceptors (Lipinski definition) is 3. The van der Waals surface area contributed by atoms with Crippen LogP contribution in [0.4, 0.5) is 0 Å². The predicted octanol–water partition coefficient (Wildman–Crippen LogP) is 3.23. The highest BCUT2D eigenvalue weighted by Crippen LogP contribution is 2.19. The number of ether oxygens (including phenoxy) is 1. The van der Waals surface area contributed by atoms with Crippen molar-refractivity contribution in [1.82, 2.24) is 4.90 Å². The fourth-order valence-corrected chi connectivity index (χ4v) is 2.59. The van der Waals surface area contributed by atoms with Gasteiger partial charge in [0, 0.05) is 0 Å². The van der Waals surface area contributed by atoms with Crippen LogP contribution >= 0.6 is 0 Å². The standard InChI is InChI=1S/C15H29NO2/c1-3-5-6-7-8-11-16-12-9-14(10-13-16)15(17)18-4-2/h14H,3-13H2,1-2H3. The molecule has 3 heteroatoms. The Kier molecular flexibility index (Phi) is 8.06. The first kappa shape index (κ1) is 15.5. The fourth-order valence-electron chi connectivity index (χ4n) is 2.59. The van der Waals surface area contributed by atoms with Crippen molar-refractivity contribution in [2.24, 2.45) is 5.92 Å². The highest BCUT2D eigenvalue weighted by atomic mass is 16.5. The van der Waals surface area contributed by atoms with Gasteiger partial charge in [-0.2, -0.15) is 0 Å². The number of esters is 1. The summed E-state index contributed by atoms with van der Waals surface area (Å²) in [5.74, 6) is 0.168. The van der Waals surface area contributed by atoms with Gasteiger partial charge in [0.15, 0.2) is 0 Å². The van der Waals surface area contributed by atoms with Gasteiger partial charge in [0.25, 0.3) is 0 Å². The monoisotopic (exact) mass is 255 g/mol. The van der Waals surface area contributed by atoms with Gasteiger partial charge in [-0.05, 0) is 45.8 Å². The van der Waals surface area contributed by atoms with E-state index in [1.807, 2.05) is 6.92 Å². The van der Waals surface area contributed by atoms with E-state index >= 15 is 0 Å². The average Bonchev–Trinajstić information content (AvgIpc) is 2.39. The molecule has 0 aromatic carbocycles. The van der Waals surface area contributed by atoms with Gasteiger partial charge in [-0.1, -0.05) is 32.6 Å². The molecule has 0 aromatic heterocycles. The van der Waals surface area contributed by atoms with E-state index in [0.717, 1.165) is 25.9 Å². The molecule has 106 valence electrons. The molecule has 3 nitrogen and oxygen atoms in total. The number of carbonyl (C=O) groups excluding carboxylic acids is 1. The summed E-state index contributed by atoms with van der Waals surface area (Å²) in [4.78, 5) is 14.1. The summed E-state index contributed by atoms with van der Waals surface area (Å²) in [6.07, 6.45) is 8.67. The molecule has 18 heavy (non-hydrogen) atoms. The van der Waals surface area contributed by atoms with Crippen LogP contribution in [0.25, 0.3) is 0 Å². The lowest BCUT2D eigenvalue weighted by atomic mass is 9.97. The van der Waals surface area contributed by atoms with Crippen molar-refractivity contribution in [3.63, 3.8) is 0 Å². The molecule has 0 unspecified atom stereocenters. The minimum absolute atomic E-state index is 0.0140. The van der Waals surface area contributed by atoms with Gasteiger partial charge in [0.05, 0.1) is 12.5 Å². The topological polar surface area (TPSA) is 29.5 Å². The SMILES string of the molecule is CCCCCCCN1CCC(C(=O)OCC)CC1. The molecule has 1 heterocycles. The van der Waals surface area contributed by atoms with Crippen LogP contribution in [0.15, 0.2) is 0 Å². The molecule has 0 atom stereocenters. The second-order valence-corrected chi connectivity index (χ2v) is 5.28. The van der Waals surface area contributed by atoms with Crippen LogP contribution in [0, 0.1) is 5.92 Å². The van der Waals surface area contributed by atoms with Crippen molar-refractivity contribution in [2.45, 2.75) is 58.8 Å². The lowest BCUT2D eigenvalue weighted by Crippen LogP contribution is -2.37. The Morgan fingerprint density at radius 3 is 2.39 bits per heavy atom. The zero-order valence-electron chi connectivity index (χ0n) is 12.1. The van der Waals surface area contributed by atoms with Gasteiger partial charge in [-0.25, -0.2) is 0 Å². The first-order valence-electron chi connectivity index (χ1n) is 7.66. The van der Waals surface area contributed by atoms with Crippen LogP contribution in [0.5, 0.6) is 0 Å². The smallest absolute Gasteiger partial charge is 0.309 e. The van der Waals surface area contributed by atoms with Gasteiger partial charge >= 0.3 is 5.97 Å². The largest absolute Gasteiger partial charge is 0.466 e. The van der Waals surface area contributed by atoms with E-state index in [9.17, 15) is 4.79 Å². The van der Waals surface area contributed by atoms with E-state index in [1.165, 1.54) is 38.6 Å². The Bertz CT molecular complexity index is 223. The van der Waals surface area contributed by atoms with E-state index in [2.05, 4.69) is 11.8 Å². The second kappa shape index (κ2) is 9.37. The number of carbonyl (C=O) groups is 1. The van der Waals surface area contributed by atoms with Crippen molar-refractivity contribution in [3.05, 3.63) is 0 Å². The summed E-state index contributed by atoms with van der Waals surface area (Å²) < 4.78 is 5.08. The summed E-state index contributed by atoms with van der Waals surface area (Å²) in [6.45, 7) is 7.98. The molecule has 1 rings (SSSR count). The lowest BCUT2D eigenvalue weighted by Gasteiger charge is -2.30.